The maximum Gasteiger partial charge on any atom is 0.317 e. The van der Waals surface area contributed by atoms with Gasteiger partial charge in [-0.25, -0.2) is 0 Å². The standard InChI is InChI=1S/C11H19NO2S/c13-10(14)6-12-4-3-11(8-12)2-1-9(5-11)7-15/h9,15H,1-8H2,(H,13,14)/t9-,11-/m1/s1. The van der Waals surface area contributed by atoms with E-state index in [1.165, 1.54) is 25.7 Å². The Morgan fingerprint density at radius 1 is 1.53 bits per heavy atom. The third kappa shape index (κ3) is 2.48. The van der Waals surface area contributed by atoms with E-state index in [1.807, 2.05) is 0 Å². The number of thiol groups is 1. The highest BCUT2D eigenvalue weighted by Gasteiger charge is 2.43. The van der Waals surface area contributed by atoms with Crippen LogP contribution in [0.15, 0.2) is 0 Å². The quantitative estimate of drug-likeness (QED) is 0.720. The molecule has 0 unspecified atom stereocenters. The van der Waals surface area contributed by atoms with Gasteiger partial charge >= 0.3 is 5.97 Å². The van der Waals surface area contributed by atoms with Crippen molar-refractivity contribution in [3.05, 3.63) is 0 Å². The lowest BCUT2D eigenvalue weighted by atomic mass is 9.85. The van der Waals surface area contributed by atoms with E-state index in [1.54, 1.807) is 0 Å². The molecule has 3 nitrogen and oxygen atoms in total. The summed E-state index contributed by atoms with van der Waals surface area (Å²) in [5.74, 6) is 1.05. The van der Waals surface area contributed by atoms with Crippen LogP contribution in [0.25, 0.3) is 0 Å². The van der Waals surface area contributed by atoms with E-state index in [2.05, 4.69) is 17.5 Å². The number of carboxylic acid groups (broad SMARTS) is 1. The average Bonchev–Trinajstić information content (AvgIpc) is 2.74. The summed E-state index contributed by atoms with van der Waals surface area (Å²) in [4.78, 5) is 12.7. The molecule has 0 radical (unpaired) electrons. The monoisotopic (exact) mass is 229 g/mol. The second-order valence-electron chi connectivity index (χ2n) is 5.15. The second kappa shape index (κ2) is 4.34. The zero-order chi connectivity index (χ0) is 10.9. The van der Waals surface area contributed by atoms with Crippen LogP contribution in [0.1, 0.15) is 25.7 Å². The lowest BCUT2D eigenvalue weighted by molar-refractivity contribution is -0.138. The van der Waals surface area contributed by atoms with Gasteiger partial charge in [-0.1, -0.05) is 0 Å². The SMILES string of the molecule is O=C(O)CN1CC[C@@]2(CC[C@@H](CS)C2)C1. The highest BCUT2D eigenvalue weighted by molar-refractivity contribution is 7.80. The maximum atomic E-state index is 10.6. The van der Waals surface area contributed by atoms with Crippen molar-refractivity contribution >= 4 is 18.6 Å². The van der Waals surface area contributed by atoms with E-state index in [0.29, 0.717) is 5.41 Å². The molecule has 0 amide bonds. The van der Waals surface area contributed by atoms with Crippen LogP contribution in [0.2, 0.25) is 0 Å². The second-order valence-corrected chi connectivity index (χ2v) is 5.51. The molecule has 1 heterocycles. The van der Waals surface area contributed by atoms with Crippen LogP contribution in [0.3, 0.4) is 0 Å². The van der Waals surface area contributed by atoms with Crippen molar-refractivity contribution in [2.45, 2.75) is 25.7 Å². The van der Waals surface area contributed by atoms with Crippen molar-refractivity contribution in [3.8, 4) is 0 Å². The largest absolute Gasteiger partial charge is 0.480 e. The molecule has 2 aliphatic rings. The number of hydrogen-bond acceptors (Lipinski definition) is 3. The van der Waals surface area contributed by atoms with Gasteiger partial charge in [-0.3, -0.25) is 9.69 Å². The van der Waals surface area contributed by atoms with Crippen molar-refractivity contribution in [2.75, 3.05) is 25.4 Å². The Hall–Kier alpha value is -0.220. The fourth-order valence-corrected chi connectivity index (χ4v) is 3.52. The Morgan fingerprint density at radius 2 is 2.33 bits per heavy atom. The van der Waals surface area contributed by atoms with E-state index in [4.69, 9.17) is 5.11 Å². The molecule has 1 aliphatic carbocycles. The number of hydrogen-bond donors (Lipinski definition) is 2. The minimum atomic E-state index is -0.698. The first-order valence-electron chi connectivity index (χ1n) is 5.69. The van der Waals surface area contributed by atoms with Gasteiger partial charge in [-0.05, 0) is 49.3 Å². The maximum absolute atomic E-state index is 10.6. The van der Waals surface area contributed by atoms with E-state index >= 15 is 0 Å². The van der Waals surface area contributed by atoms with Gasteiger partial charge in [0.25, 0.3) is 0 Å². The van der Waals surface area contributed by atoms with Crippen molar-refractivity contribution in [2.24, 2.45) is 11.3 Å². The van der Waals surface area contributed by atoms with Gasteiger partial charge in [-0.15, -0.1) is 0 Å². The fourth-order valence-electron chi connectivity index (χ4n) is 3.21. The Morgan fingerprint density at radius 3 is 2.93 bits per heavy atom. The zero-order valence-electron chi connectivity index (χ0n) is 8.98. The average molecular weight is 229 g/mol. The van der Waals surface area contributed by atoms with Gasteiger partial charge in [0.15, 0.2) is 0 Å². The third-order valence-corrected chi connectivity index (χ3v) is 4.46. The summed E-state index contributed by atoms with van der Waals surface area (Å²) in [6.45, 7) is 2.17. The van der Waals surface area contributed by atoms with Crippen LogP contribution < -0.4 is 0 Å². The van der Waals surface area contributed by atoms with E-state index in [9.17, 15) is 4.79 Å². The molecule has 4 heteroatoms. The molecular formula is C11H19NO2S. The molecule has 1 spiro atoms. The van der Waals surface area contributed by atoms with Crippen LogP contribution in [0.4, 0.5) is 0 Å². The number of likely N-dealkylation sites (tertiary alicyclic amines) is 1. The number of rotatable bonds is 3. The summed E-state index contributed by atoms with van der Waals surface area (Å²) in [5.41, 5.74) is 0.433. The number of aliphatic carboxylic acids is 1. The smallest absolute Gasteiger partial charge is 0.317 e. The molecule has 15 heavy (non-hydrogen) atoms. The summed E-state index contributed by atoms with van der Waals surface area (Å²) in [6.07, 6.45) is 5.00. The fraction of sp³-hybridized carbons (Fsp3) is 0.909. The van der Waals surface area contributed by atoms with Crippen molar-refractivity contribution in [3.63, 3.8) is 0 Å². The van der Waals surface area contributed by atoms with Crippen LogP contribution in [0.5, 0.6) is 0 Å². The lowest BCUT2D eigenvalue weighted by Gasteiger charge is -2.23. The van der Waals surface area contributed by atoms with Crippen LogP contribution in [0, 0.1) is 11.3 Å². The Kier molecular flexibility index (Phi) is 3.26. The van der Waals surface area contributed by atoms with Crippen molar-refractivity contribution < 1.29 is 9.90 Å². The molecule has 1 saturated carbocycles. The summed E-state index contributed by atoms with van der Waals surface area (Å²) < 4.78 is 0. The molecule has 1 N–H and O–H groups in total. The highest BCUT2D eigenvalue weighted by atomic mass is 32.1. The third-order valence-electron chi connectivity index (χ3n) is 3.94. The predicted molar refractivity (Wildman–Crippen MR) is 62.3 cm³/mol. The van der Waals surface area contributed by atoms with Gasteiger partial charge in [0.05, 0.1) is 6.54 Å². The number of carbonyl (C=O) groups is 1. The first-order chi connectivity index (χ1) is 7.13. The molecular weight excluding hydrogens is 210 g/mol. The normalized spacial score (nSPS) is 36.5. The van der Waals surface area contributed by atoms with Gasteiger partial charge in [-0.2, -0.15) is 12.6 Å². The predicted octanol–water partition coefficient (Wildman–Crippen LogP) is 1.49. The molecule has 0 bridgehead atoms. The highest BCUT2D eigenvalue weighted by Crippen LogP contribution is 2.48. The summed E-state index contributed by atoms with van der Waals surface area (Å²) in [5, 5.41) is 8.75. The molecule has 0 aromatic carbocycles. The van der Waals surface area contributed by atoms with E-state index in [0.717, 1.165) is 24.8 Å². The molecule has 1 saturated heterocycles. The van der Waals surface area contributed by atoms with Gasteiger partial charge < -0.3 is 5.11 Å². The van der Waals surface area contributed by atoms with Crippen molar-refractivity contribution in [1.82, 2.24) is 4.90 Å². The lowest BCUT2D eigenvalue weighted by Crippen LogP contribution is -2.30. The molecule has 2 rings (SSSR count). The Bertz CT molecular complexity index is 259. The first kappa shape index (κ1) is 11.3. The number of carboxylic acids is 1. The van der Waals surface area contributed by atoms with Crippen LogP contribution in [-0.4, -0.2) is 41.4 Å². The topological polar surface area (TPSA) is 40.5 Å². The molecule has 2 fully saturated rings. The summed E-state index contributed by atoms with van der Waals surface area (Å²) in [6, 6.07) is 0. The van der Waals surface area contributed by atoms with Gasteiger partial charge in [0.1, 0.15) is 0 Å². The Labute approximate surface area is 96.2 Å². The number of nitrogens with zero attached hydrogens (tertiary/aromatic N) is 1. The molecule has 1 aliphatic heterocycles. The molecule has 0 aromatic rings. The van der Waals surface area contributed by atoms with Crippen molar-refractivity contribution in [1.29, 1.82) is 0 Å². The van der Waals surface area contributed by atoms with E-state index in [-0.39, 0.29) is 6.54 Å². The van der Waals surface area contributed by atoms with E-state index < -0.39 is 5.97 Å². The summed E-state index contributed by atoms with van der Waals surface area (Å²) in [7, 11) is 0. The molecule has 2 atom stereocenters. The van der Waals surface area contributed by atoms with Crippen LogP contribution >= 0.6 is 12.6 Å². The van der Waals surface area contributed by atoms with Gasteiger partial charge in [0, 0.05) is 6.54 Å². The molecule has 0 aromatic heterocycles. The zero-order valence-corrected chi connectivity index (χ0v) is 9.88. The Balaban J connectivity index is 1.89. The summed E-state index contributed by atoms with van der Waals surface area (Å²) >= 11 is 4.36. The molecule has 86 valence electrons. The van der Waals surface area contributed by atoms with Crippen LogP contribution in [-0.2, 0) is 4.79 Å². The minimum absolute atomic E-state index is 0.216. The van der Waals surface area contributed by atoms with Gasteiger partial charge in [0.2, 0.25) is 0 Å². The minimum Gasteiger partial charge on any atom is -0.480 e. The first-order valence-corrected chi connectivity index (χ1v) is 6.32.